The molecular formula is C19H22. The van der Waals surface area contributed by atoms with E-state index in [9.17, 15) is 0 Å². The summed E-state index contributed by atoms with van der Waals surface area (Å²) in [7, 11) is 0. The lowest BCUT2D eigenvalue weighted by Crippen LogP contribution is -2.14. The zero-order chi connectivity index (χ0) is 13.0. The first-order chi connectivity index (χ1) is 8.69. The van der Waals surface area contributed by atoms with Gasteiger partial charge in [-0.05, 0) is 23.6 Å². The lowest BCUT2D eigenvalue weighted by Gasteiger charge is -2.22. The van der Waals surface area contributed by atoms with Gasteiger partial charge in [-0.25, -0.2) is 0 Å². The SMILES string of the molecule is C.C=CC1=C(C=C)C=CC(C)(c2ccccc2)C=C1. The Morgan fingerprint density at radius 2 is 1.37 bits per heavy atom. The highest BCUT2D eigenvalue weighted by Gasteiger charge is 2.21. The zero-order valence-electron chi connectivity index (χ0n) is 10.8. The number of hydrogen-bond donors (Lipinski definition) is 0. The predicted molar refractivity (Wildman–Crippen MR) is 86.2 cm³/mol. The summed E-state index contributed by atoms with van der Waals surface area (Å²) >= 11 is 0. The first kappa shape index (κ1) is 15.0. The third-order valence-electron chi connectivity index (χ3n) is 3.39. The molecule has 0 saturated heterocycles. The highest BCUT2D eigenvalue weighted by molar-refractivity contribution is 5.51. The molecule has 2 rings (SSSR count). The fourth-order valence-electron chi connectivity index (χ4n) is 2.14. The Labute approximate surface area is 117 Å². The normalized spacial score (nSPS) is 16.5. The van der Waals surface area contributed by atoms with Crippen molar-refractivity contribution >= 4 is 0 Å². The molecule has 0 heteroatoms. The fraction of sp³-hybridized carbons (Fsp3) is 0.158. The molecule has 1 aliphatic carbocycles. The van der Waals surface area contributed by atoms with Gasteiger partial charge in [-0.2, -0.15) is 0 Å². The van der Waals surface area contributed by atoms with Crippen molar-refractivity contribution in [3.8, 4) is 0 Å². The molecular weight excluding hydrogens is 228 g/mol. The molecule has 1 aliphatic rings. The Kier molecular flexibility index (Phi) is 4.88. The first-order valence-corrected chi connectivity index (χ1v) is 6.13. The molecule has 0 aliphatic heterocycles. The van der Waals surface area contributed by atoms with Gasteiger partial charge in [-0.3, -0.25) is 0 Å². The van der Waals surface area contributed by atoms with Crippen molar-refractivity contribution in [3.05, 3.63) is 96.7 Å². The molecule has 19 heavy (non-hydrogen) atoms. The van der Waals surface area contributed by atoms with Crippen LogP contribution in [0.15, 0.2) is 91.1 Å². The van der Waals surface area contributed by atoms with E-state index in [1.807, 2.05) is 18.2 Å². The maximum atomic E-state index is 3.85. The molecule has 0 radical (unpaired) electrons. The lowest BCUT2D eigenvalue weighted by molar-refractivity contribution is 0.758. The van der Waals surface area contributed by atoms with Gasteiger partial charge in [0.2, 0.25) is 0 Å². The summed E-state index contributed by atoms with van der Waals surface area (Å²) in [5, 5.41) is 0. The van der Waals surface area contributed by atoms with E-state index in [1.165, 1.54) is 5.56 Å². The van der Waals surface area contributed by atoms with Crippen LogP contribution in [0.4, 0.5) is 0 Å². The van der Waals surface area contributed by atoms with Crippen molar-refractivity contribution in [1.82, 2.24) is 0 Å². The van der Waals surface area contributed by atoms with Crippen molar-refractivity contribution in [3.63, 3.8) is 0 Å². The van der Waals surface area contributed by atoms with Gasteiger partial charge in [0.05, 0.1) is 0 Å². The zero-order valence-corrected chi connectivity index (χ0v) is 10.8. The van der Waals surface area contributed by atoms with Crippen molar-refractivity contribution < 1.29 is 0 Å². The molecule has 0 unspecified atom stereocenters. The Morgan fingerprint density at radius 1 is 0.895 bits per heavy atom. The van der Waals surface area contributed by atoms with Crippen LogP contribution in [0, 0.1) is 0 Å². The molecule has 0 nitrogen and oxygen atoms in total. The van der Waals surface area contributed by atoms with Crippen LogP contribution in [0.25, 0.3) is 0 Å². The van der Waals surface area contributed by atoms with Gasteiger partial charge >= 0.3 is 0 Å². The number of rotatable bonds is 3. The summed E-state index contributed by atoms with van der Waals surface area (Å²) in [6.07, 6.45) is 12.4. The predicted octanol–water partition coefficient (Wildman–Crippen LogP) is 5.38. The van der Waals surface area contributed by atoms with Crippen LogP contribution in [-0.2, 0) is 5.41 Å². The average Bonchev–Trinajstić information content (AvgIpc) is 2.59. The number of benzene rings is 1. The van der Waals surface area contributed by atoms with Gasteiger partial charge in [0.25, 0.3) is 0 Å². The highest BCUT2D eigenvalue weighted by Crippen LogP contribution is 2.31. The standard InChI is InChI=1S/C18H18.CH4/c1-4-15-11-13-18(3,14-12-16(15)5-2)17-9-7-6-8-10-17;/h4-14H,1-2H2,3H3;1H4. The van der Waals surface area contributed by atoms with E-state index in [-0.39, 0.29) is 12.8 Å². The minimum absolute atomic E-state index is 0. The largest absolute Gasteiger partial charge is 0.0984 e. The smallest absolute Gasteiger partial charge is 0.0290 e. The second-order valence-electron chi connectivity index (χ2n) is 4.63. The van der Waals surface area contributed by atoms with Gasteiger partial charge in [0.15, 0.2) is 0 Å². The van der Waals surface area contributed by atoms with Crippen LogP contribution in [0.1, 0.15) is 19.9 Å². The maximum absolute atomic E-state index is 3.85. The van der Waals surface area contributed by atoms with Gasteiger partial charge in [-0.15, -0.1) is 0 Å². The molecule has 98 valence electrons. The summed E-state index contributed by atoms with van der Waals surface area (Å²) in [6.45, 7) is 9.92. The molecule has 0 spiro atoms. The van der Waals surface area contributed by atoms with Crippen LogP contribution < -0.4 is 0 Å². The Morgan fingerprint density at radius 3 is 1.79 bits per heavy atom. The summed E-state index contributed by atoms with van der Waals surface area (Å²) in [4.78, 5) is 0. The van der Waals surface area contributed by atoms with Crippen molar-refractivity contribution in [2.45, 2.75) is 19.8 Å². The Balaban J connectivity index is 0.00000180. The molecule has 0 fully saturated rings. The maximum Gasteiger partial charge on any atom is 0.0290 e. The lowest BCUT2D eigenvalue weighted by atomic mass is 9.82. The summed E-state index contributed by atoms with van der Waals surface area (Å²) < 4.78 is 0. The van der Waals surface area contributed by atoms with Crippen LogP contribution in [0.5, 0.6) is 0 Å². The first-order valence-electron chi connectivity index (χ1n) is 6.13. The molecule has 0 saturated carbocycles. The summed E-state index contributed by atoms with van der Waals surface area (Å²) in [5.74, 6) is 0. The highest BCUT2D eigenvalue weighted by atomic mass is 14.2. The van der Waals surface area contributed by atoms with E-state index in [4.69, 9.17) is 0 Å². The van der Waals surface area contributed by atoms with Gasteiger partial charge in [0, 0.05) is 5.41 Å². The third kappa shape index (κ3) is 3.03. The van der Waals surface area contributed by atoms with Gasteiger partial charge in [0.1, 0.15) is 0 Å². The molecule has 1 aromatic rings. The average molecular weight is 250 g/mol. The van der Waals surface area contributed by atoms with Crippen LogP contribution in [-0.4, -0.2) is 0 Å². The van der Waals surface area contributed by atoms with Crippen LogP contribution >= 0.6 is 0 Å². The molecule has 1 aromatic carbocycles. The minimum Gasteiger partial charge on any atom is -0.0984 e. The van der Waals surface area contributed by atoms with Crippen molar-refractivity contribution in [1.29, 1.82) is 0 Å². The molecule has 0 aromatic heterocycles. The number of hydrogen-bond acceptors (Lipinski definition) is 0. The quantitative estimate of drug-likeness (QED) is 0.676. The topological polar surface area (TPSA) is 0 Å². The second kappa shape index (κ2) is 6.19. The van der Waals surface area contributed by atoms with E-state index >= 15 is 0 Å². The Hall–Kier alpha value is -2.08. The Bertz CT molecular complexity index is 511. The van der Waals surface area contributed by atoms with E-state index in [1.54, 1.807) is 0 Å². The van der Waals surface area contributed by atoms with Crippen LogP contribution in [0.2, 0.25) is 0 Å². The van der Waals surface area contributed by atoms with E-state index < -0.39 is 0 Å². The molecule has 0 heterocycles. The van der Waals surface area contributed by atoms with Crippen molar-refractivity contribution in [2.75, 3.05) is 0 Å². The molecule has 0 atom stereocenters. The summed E-state index contributed by atoms with van der Waals surface area (Å²) in [6, 6.07) is 10.5. The molecule has 0 N–H and O–H groups in total. The van der Waals surface area contributed by atoms with E-state index in [2.05, 4.69) is 68.7 Å². The van der Waals surface area contributed by atoms with Gasteiger partial charge < -0.3 is 0 Å². The molecule has 0 amide bonds. The second-order valence-corrected chi connectivity index (χ2v) is 4.63. The number of allylic oxidation sites excluding steroid dienone is 8. The van der Waals surface area contributed by atoms with E-state index in [0.29, 0.717) is 0 Å². The fourth-order valence-corrected chi connectivity index (χ4v) is 2.14. The van der Waals surface area contributed by atoms with Gasteiger partial charge in [-0.1, -0.05) is 87.4 Å². The summed E-state index contributed by atoms with van der Waals surface area (Å²) in [5.41, 5.74) is 3.42. The molecule has 0 bridgehead atoms. The van der Waals surface area contributed by atoms with Crippen LogP contribution in [0.3, 0.4) is 0 Å². The monoisotopic (exact) mass is 250 g/mol. The minimum atomic E-state index is -0.0831. The van der Waals surface area contributed by atoms with E-state index in [0.717, 1.165) is 11.1 Å². The third-order valence-corrected chi connectivity index (χ3v) is 3.39. The van der Waals surface area contributed by atoms with Crippen molar-refractivity contribution in [2.24, 2.45) is 0 Å².